The molecule has 0 saturated carbocycles. The van der Waals surface area contributed by atoms with Gasteiger partial charge in [-0.25, -0.2) is 0 Å². The standard InChI is InChI=1S/C18H12N2O4S4/c21-15-13(9-11-3-1-7-23-11)27-17(25)19(15)5-6-20-16(22)14(28-18(20)26)10-12-4-2-8-24-12/h1-4,7-10H,5-6H2/b13-9-,14-10+. The Morgan fingerprint density at radius 2 is 1.25 bits per heavy atom. The van der Waals surface area contributed by atoms with Gasteiger partial charge in [0, 0.05) is 25.2 Å². The molecule has 2 aliphatic heterocycles. The van der Waals surface area contributed by atoms with Crippen LogP contribution in [0.5, 0.6) is 0 Å². The molecule has 2 amide bonds. The number of furan rings is 2. The molecular weight excluding hydrogens is 436 g/mol. The minimum Gasteiger partial charge on any atom is -0.465 e. The van der Waals surface area contributed by atoms with Crippen molar-refractivity contribution < 1.29 is 18.4 Å². The Hall–Kier alpha value is -2.14. The average Bonchev–Trinajstić information content (AvgIpc) is 3.43. The first-order valence-corrected chi connectivity index (χ1v) is 10.6. The molecule has 2 aromatic rings. The van der Waals surface area contributed by atoms with E-state index in [9.17, 15) is 9.59 Å². The van der Waals surface area contributed by atoms with E-state index in [4.69, 9.17) is 33.3 Å². The van der Waals surface area contributed by atoms with Crippen LogP contribution in [0.25, 0.3) is 12.2 Å². The lowest BCUT2D eigenvalue weighted by Crippen LogP contribution is -2.39. The Balaban J connectivity index is 1.43. The summed E-state index contributed by atoms with van der Waals surface area (Å²) in [6.07, 6.45) is 6.39. The summed E-state index contributed by atoms with van der Waals surface area (Å²) in [6.45, 7) is 0.529. The van der Waals surface area contributed by atoms with E-state index in [1.807, 2.05) is 0 Å². The molecule has 142 valence electrons. The Morgan fingerprint density at radius 1 is 0.821 bits per heavy atom. The quantitative estimate of drug-likeness (QED) is 0.503. The van der Waals surface area contributed by atoms with Crippen LogP contribution in [0.4, 0.5) is 0 Å². The summed E-state index contributed by atoms with van der Waals surface area (Å²) in [5, 5.41) is 0. The van der Waals surface area contributed by atoms with E-state index in [1.165, 1.54) is 45.8 Å². The lowest BCUT2D eigenvalue weighted by atomic mass is 10.3. The van der Waals surface area contributed by atoms with Crippen molar-refractivity contribution in [1.82, 2.24) is 9.80 Å². The van der Waals surface area contributed by atoms with Crippen molar-refractivity contribution in [2.75, 3.05) is 13.1 Å². The van der Waals surface area contributed by atoms with Crippen molar-refractivity contribution in [3.63, 3.8) is 0 Å². The van der Waals surface area contributed by atoms with Gasteiger partial charge in [0.15, 0.2) is 0 Å². The molecule has 2 aromatic heterocycles. The fraction of sp³-hybridized carbons (Fsp3) is 0.111. The molecule has 0 radical (unpaired) electrons. The van der Waals surface area contributed by atoms with Crippen LogP contribution < -0.4 is 0 Å². The van der Waals surface area contributed by atoms with Gasteiger partial charge in [-0.3, -0.25) is 19.4 Å². The predicted octanol–water partition coefficient (Wildman–Crippen LogP) is 3.98. The second kappa shape index (κ2) is 8.08. The van der Waals surface area contributed by atoms with E-state index < -0.39 is 0 Å². The van der Waals surface area contributed by atoms with Crippen molar-refractivity contribution in [2.45, 2.75) is 0 Å². The van der Waals surface area contributed by atoms with Crippen molar-refractivity contribution in [2.24, 2.45) is 0 Å². The number of nitrogens with zero attached hydrogens (tertiary/aromatic N) is 2. The van der Waals surface area contributed by atoms with E-state index in [0.29, 0.717) is 30.0 Å². The molecular formula is C18H12N2O4S4. The number of rotatable bonds is 5. The molecule has 4 heterocycles. The SMILES string of the molecule is O=C1/C(=C/c2ccco2)SC(=S)N1CCN1C(=O)/C(=C\c2ccco2)SC1=S. The van der Waals surface area contributed by atoms with Gasteiger partial charge in [-0.2, -0.15) is 0 Å². The highest BCUT2D eigenvalue weighted by Gasteiger charge is 2.36. The van der Waals surface area contributed by atoms with Crippen LogP contribution in [0.2, 0.25) is 0 Å². The summed E-state index contributed by atoms with van der Waals surface area (Å²) in [6, 6.07) is 7.02. The van der Waals surface area contributed by atoms with Crippen LogP contribution in [0.3, 0.4) is 0 Å². The van der Waals surface area contributed by atoms with Gasteiger partial charge in [0.1, 0.15) is 20.2 Å². The van der Waals surface area contributed by atoms with E-state index in [2.05, 4.69) is 0 Å². The topological polar surface area (TPSA) is 66.9 Å². The van der Waals surface area contributed by atoms with Gasteiger partial charge in [-0.15, -0.1) is 0 Å². The average molecular weight is 449 g/mol. The minimum atomic E-state index is -0.206. The zero-order valence-electron chi connectivity index (χ0n) is 14.2. The first kappa shape index (κ1) is 19.2. The fourth-order valence-electron chi connectivity index (χ4n) is 2.59. The summed E-state index contributed by atoms with van der Waals surface area (Å²) in [5.41, 5.74) is 0. The molecule has 0 N–H and O–H groups in total. The molecule has 10 heteroatoms. The monoisotopic (exact) mass is 448 g/mol. The Bertz CT molecular complexity index is 926. The lowest BCUT2D eigenvalue weighted by Gasteiger charge is -2.19. The number of amides is 2. The van der Waals surface area contributed by atoms with E-state index >= 15 is 0 Å². The number of thiocarbonyl (C=S) groups is 2. The maximum atomic E-state index is 12.6. The zero-order chi connectivity index (χ0) is 19.7. The van der Waals surface area contributed by atoms with Crippen LogP contribution in [0.15, 0.2) is 55.4 Å². The largest absolute Gasteiger partial charge is 0.465 e. The van der Waals surface area contributed by atoms with Gasteiger partial charge in [0.05, 0.1) is 22.3 Å². The van der Waals surface area contributed by atoms with Gasteiger partial charge < -0.3 is 8.83 Å². The number of carbonyl (C=O) groups is 2. The summed E-state index contributed by atoms with van der Waals surface area (Å²) >= 11 is 13.1. The zero-order valence-corrected chi connectivity index (χ0v) is 17.5. The molecule has 0 atom stereocenters. The molecule has 0 bridgehead atoms. The molecule has 2 saturated heterocycles. The first-order valence-electron chi connectivity index (χ1n) is 8.10. The number of thioether (sulfide) groups is 2. The Morgan fingerprint density at radius 3 is 1.61 bits per heavy atom. The van der Waals surface area contributed by atoms with E-state index in [0.717, 1.165) is 0 Å². The van der Waals surface area contributed by atoms with E-state index in [1.54, 1.807) is 36.4 Å². The van der Waals surface area contributed by atoms with Crippen molar-refractivity contribution in [3.05, 3.63) is 58.1 Å². The lowest BCUT2D eigenvalue weighted by molar-refractivity contribution is -0.125. The van der Waals surface area contributed by atoms with Crippen molar-refractivity contribution >= 4 is 80.6 Å². The molecule has 2 fully saturated rings. The first-order chi connectivity index (χ1) is 13.5. The van der Waals surface area contributed by atoms with Crippen LogP contribution in [-0.2, 0) is 9.59 Å². The van der Waals surface area contributed by atoms with Gasteiger partial charge in [-0.05, 0) is 24.3 Å². The number of hydrogen-bond donors (Lipinski definition) is 0. The summed E-state index contributed by atoms with van der Waals surface area (Å²) in [5.74, 6) is 0.756. The Labute approximate surface area is 179 Å². The fourth-order valence-corrected chi connectivity index (χ4v) is 5.17. The van der Waals surface area contributed by atoms with Gasteiger partial charge in [0.2, 0.25) is 0 Å². The van der Waals surface area contributed by atoms with Crippen LogP contribution in [-0.4, -0.2) is 43.3 Å². The molecule has 28 heavy (non-hydrogen) atoms. The highest BCUT2D eigenvalue weighted by Crippen LogP contribution is 2.35. The Kier molecular flexibility index (Phi) is 5.54. The van der Waals surface area contributed by atoms with Crippen LogP contribution in [0.1, 0.15) is 11.5 Å². The summed E-state index contributed by atoms with van der Waals surface area (Å²) in [7, 11) is 0. The molecule has 2 aliphatic rings. The van der Waals surface area contributed by atoms with Gasteiger partial charge >= 0.3 is 0 Å². The third-order valence-corrected chi connectivity index (χ3v) is 6.68. The number of carbonyl (C=O) groups excluding carboxylic acids is 2. The van der Waals surface area contributed by atoms with Gasteiger partial charge in [0.25, 0.3) is 11.8 Å². The van der Waals surface area contributed by atoms with Crippen LogP contribution in [0, 0.1) is 0 Å². The molecule has 0 aromatic carbocycles. The molecule has 0 spiro atoms. The third kappa shape index (κ3) is 3.86. The summed E-state index contributed by atoms with van der Waals surface area (Å²) in [4.78, 5) is 29.2. The smallest absolute Gasteiger partial charge is 0.266 e. The summed E-state index contributed by atoms with van der Waals surface area (Å²) < 4.78 is 11.4. The third-order valence-electron chi connectivity index (χ3n) is 3.93. The molecule has 0 unspecified atom stereocenters. The molecule has 6 nitrogen and oxygen atoms in total. The van der Waals surface area contributed by atoms with Gasteiger partial charge in [-0.1, -0.05) is 48.0 Å². The van der Waals surface area contributed by atoms with E-state index in [-0.39, 0.29) is 24.9 Å². The van der Waals surface area contributed by atoms with Crippen molar-refractivity contribution in [3.8, 4) is 0 Å². The minimum absolute atomic E-state index is 0.206. The molecule has 4 rings (SSSR count). The predicted molar refractivity (Wildman–Crippen MR) is 117 cm³/mol. The normalized spacial score (nSPS) is 20.4. The second-order valence-electron chi connectivity index (χ2n) is 5.70. The maximum Gasteiger partial charge on any atom is 0.266 e. The highest BCUT2D eigenvalue weighted by molar-refractivity contribution is 8.27. The van der Waals surface area contributed by atoms with Crippen LogP contribution >= 0.6 is 48.0 Å². The second-order valence-corrected chi connectivity index (χ2v) is 9.05. The number of hydrogen-bond acceptors (Lipinski definition) is 8. The maximum absolute atomic E-state index is 12.6. The molecule has 0 aliphatic carbocycles. The van der Waals surface area contributed by atoms with Crippen molar-refractivity contribution in [1.29, 1.82) is 0 Å². The highest BCUT2D eigenvalue weighted by atomic mass is 32.2.